The zero-order valence-corrected chi connectivity index (χ0v) is 13.9. The summed E-state index contributed by atoms with van der Waals surface area (Å²) >= 11 is 0. The Morgan fingerprint density at radius 2 is 2.08 bits per heavy atom. The first-order valence-electron chi connectivity index (χ1n) is 8.10. The Morgan fingerprint density at radius 1 is 1.33 bits per heavy atom. The number of amides is 2. The van der Waals surface area contributed by atoms with Crippen molar-refractivity contribution in [1.82, 2.24) is 20.1 Å². The zero-order chi connectivity index (χ0) is 17.1. The molecule has 0 aliphatic carbocycles. The summed E-state index contributed by atoms with van der Waals surface area (Å²) in [6.07, 6.45) is 1.87. The van der Waals surface area contributed by atoms with Gasteiger partial charge in [0.2, 0.25) is 11.8 Å². The number of carbonyl (C=O) groups excluding carboxylic acids is 2. The van der Waals surface area contributed by atoms with E-state index in [4.69, 9.17) is 0 Å². The Labute approximate surface area is 140 Å². The van der Waals surface area contributed by atoms with E-state index >= 15 is 0 Å². The number of benzene rings is 1. The van der Waals surface area contributed by atoms with Gasteiger partial charge in [-0.05, 0) is 26.0 Å². The molecule has 1 aliphatic rings. The molecule has 24 heavy (non-hydrogen) atoms. The summed E-state index contributed by atoms with van der Waals surface area (Å²) in [7, 11) is 0. The van der Waals surface area contributed by atoms with Crippen LogP contribution in [0.1, 0.15) is 24.7 Å². The predicted octanol–water partition coefficient (Wildman–Crippen LogP) is 1.28. The molecule has 0 spiro atoms. The van der Waals surface area contributed by atoms with E-state index in [1.807, 2.05) is 42.7 Å². The van der Waals surface area contributed by atoms with Crippen molar-refractivity contribution in [1.29, 1.82) is 0 Å². The normalized spacial score (nSPS) is 17.3. The second kappa shape index (κ2) is 6.82. The standard InChI is InChI=1S/C17H21N5O2/c1-3-21-11-19-20-15(21)9-18-17(24)13-8-16(23)22(10-13)14-6-4-12(2)5-7-14/h4-7,11,13H,3,8-10H2,1-2H3,(H,18,24)/t13-/m1/s1. The van der Waals surface area contributed by atoms with Crippen LogP contribution < -0.4 is 10.2 Å². The largest absolute Gasteiger partial charge is 0.348 e. The minimum absolute atomic E-state index is 0.0178. The van der Waals surface area contributed by atoms with Crippen molar-refractivity contribution >= 4 is 17.5 Å². The van der Waals surface area contributed by atoms with Gasteiger partial charge >= 0.3 is 0 Å². The average molecular weight is 327 g/mol. The summed E-state index contributed by atoms with van der Waals surface area (Å²) < 4.78 is 1.87. The first kappa shape index (κ1) is 16.2. The lowest BCUT2D eigenvalue weighted by molar-refractivity contribution is -0.126. The number of nitrogens with one attached hydrogen (secondary N) is 1. The maximum atomic E-state index is 12.4. The van der Waals surface area contributed by atoms with Crippen LogP contribution in [0.3, 0.4) is 0 Å². The zero-order valence-electron chi connectivity index (χ0n) is 13.9. The van der Waals surface area contributed by atoms with Crippen molar-refractivity contribution < 1.29 is 9.59 Å². The summed E-state index contributed by atoms with van der Waals surface area (Å²) in [6, 6.07) is 7.76. The maximum Gasteiger partial charge on any atom is 0.227 e. The van der Waals surface area contributed by atoms with Gasteiger partial charge in [0.05, 0.1) is 12.5 Å². The maximum absolute atomic E-state index is 12.4. The van der Waals surface area contributed by atoms with Gasteiger partial charge in [-0.2, -0.15) is 0 Å². The Bertz CT molecular complexity index is 738. The van der Waals surface area contributed by atoms with E-state index in [0.717, 1.165) is 17.8 Å². The van der Waals surface area contributed by atoms with E-state index in [0.29, 0.717) is 18.9 Å². The molecule has 1 saturated heterocycles. The minimum Gasteiger partial charge on any atom is -0.348 e. The third-order valence-electron chi connectivity index (χ3n) is 4.30. The summed E-state index contributed by atoms with van der Waals surface area (Å²) in [5.74, 6) is 0.238. The molecule has 1 aliphatic heterocycles. The van der Waals surface area contributed by atoms with Crippen LogP contribution in [0.4, 0.5) is 5.69 Å². The van der Waals surface area contributed by atoms with Crippen LogP contribution in [0.15, 0.2) is 30.6 Å². The van der Waals surface area contributed by atoms with E-state index in [-0.39, 0.29) is 24.2 Å². The fraction of sp³-hybridized carbons (Fsp3) is 0.412. The molecular formula is C17H21N5O2. The highest BCUT2D eigenvalue weighted by Crippen LogP contribution is 2.25. The Kier molecular flexibility index (Phi) is 4.59. The highest BCUT2D eigenvalue weighted by atomic mass is 16.2. The SMILES string of the molecule is CCn1cnnc1CNC(=O)[C@@H]1CC(=O)N(c2ccc(C)cc2)C1. The Morgan fingerprint density at radius 3 is 2.79 bits per heavy atom. The summed E-state index contributed by atoms with van der Waals surface area (Å²) in [6.45, 7) is 5.47. The molecule has 1 fully saturated rings. The highest BCUT2D eigenvalue weighted by Gasteiger charge is 2.35. The fourth-order valence-corrected chi connectivity index (χ4v) is 2.85. The number of carbonyl (C=O) groups is 2. The van der Waals surface area contributed by atoms with Gasteiger partial charge in [-0.15, -0.1) is 10.2 Å². The quantitative estimate of drug-likeness (QED) is 0.897. The molecule has 126 valence electrons. The van der Waals surface area contributed by atoms with E-state index in [2.05, 4.69) is 15.5 Å². The number of anilines is 1. The smallest absolute Gasteiger partial charge is 0.227 e. The molecule has 1 atom stereocenters. The van der Waals surface area contributed by atoms with Gasteiger partial charge in [0.1, 0.15) is 6.33 Å². The molecule has 1 aromatic heterocycles. The van der Waals surface area contributed by atoms with E-state index in [1.54, 1.807) is 11.2 Å². The molecule has 2 amide bonds. The Hall–Kier alpha value is -2.70. The monoisotopic (exact) mass is 327 g/mol. The van der Waals surface area contributed by atoms with Gasteiger partial charge in [0.15, 0.2) is 5.82 Å². The summed E-state index contributed by atoms with van der Waals surface area (Å²) in [5, 5.41) is 10.7. The lowest BCUT2D eigenvalue weighted by atomic mass is 10.1. The average Bonchev–Trinajstić information content (AvgIpc) is 3.19. The van der Waals surface area contributed by atoms with Crippen LogP contribution in [0.25, 0.3) is 0 Å². The lowest BCUT2D eigenvalue weighted by Gasteiger charge is -2.17. The molecule has 1 N–H and O–H groups in total. The summed E-state index contributed by atoms with van der Waals surface area (Å²) in [5.41, 5.74) is 1.98. The number of nitrogens with zero attached hydrogens (tertiary/aromatic N) is 4. The first-order chi connectivity index (χ1) is 11.6. The lowest BCUT2D eigenvalue weighted by Crippen LogP contribution is -2.33. The number of hydrogen-bond acceptors (Lipinski definition) is 4. The molecular weight excluding hydrogens is 306 g/mol. The van der Waals surface area contributed by atoms with Crippen LogP contribution in [-0.4, -0.2) is 33.1 Å². The molecule has 0 bridgehead atoms. The van der Waals surface area contributed by atoms with Crippen molar-refractivity contribution in [3.8, 4) is 0 Å². The van der Waals surface area contributed by atoms with E-state index < -0.39 is 0 Å². The van der Waals surface area contributed by atoms with Crippen LogP contribution in [-0.2, 0) is 22.7 Å². The molecule has 0 radical (unpaired) electrons. The third kappa shape index (κ3) is 3.29. The molecule has 2 heterocycles. The minimum atomic E-state index is -0.336. The van der Waals surface area contributed by atoms with Crippen molar-refractivity contribution in [2.24, 2.45) is 5.92 Å². The topological polar surface area (TPSA) is 80.1 Å². The molecule has 2 aromatic rings. The molecule has 0 saturated carbocycles. The predicted molar refractivity (Wildman–Crippen MR) is 89.2 cm³/mol. The van der Waals surface area contributed by atoms with Crippen molar-refractivity contribution in [2.45, 2.75) is 33.4 Å². The van der Waals surface area contributed by atoms with E-state index in [1.165, 1.54) is 0 Å². The number of aryl methyl sites for hydroxylation is 2. The number of hydrogen-bond donors (Lipinski definition) is 1. The van der Waals surface area contributed by atoms with Crippen molar-refractivity contribution in [3.05, 3.63) is 42.0 Å². The molecule has 7 nitrogen and oxygen atoms in total. The molecule has 7 heteroatoms. The second-order valence-corrected chi connectivity index (χ2v) is 5.99. The molecule has 1 aromatic carbocycles. The Balaban J connectivity index is 1.60. The molecule has 0 unspecified atom stereocenters. The van der Waals surface area contributed by atoms with Gasteiger partial charge in [0.25, 0.3) is 0 Å². The highest BCUT2D eigenvalue weighted by molar-refractivity contribution is 6.00. The van der Waals surface area contributed by atoms with Gasteiger partial charge in [-0.3, -0.25) is 9.59 Å². The van der Waals surface area contributed by atoms with Crippen LogP contribution in [0, 0.1) is 12.8 Å². The number of aromatic nitrogens is 3. The van der Waals surface area contributed by atoms with Crippen LogP contribution >= 0.6 is 0 Å². The van der Waals surface area contributed by atoms with Gasteiger partial charge in [-0.1, -0.05) is 17.7 Å². The van der Waals surface area contributed by atoms with Crippen LogP contribution in [0.5, 0.6) is 0 Å². The van der Waals surface area contributed by atoms with Crippen molar-refractivity contribution in [2.75, 3.05) is 11.4 Å². The molecule has 3 rings (SSSR count). The fourth-order valence-electron chi connectivity index (χ4n) is 2.85. The third-order valence-corrected chi connectivity index (χ3v) is 4.30. The van der Waals surface area contributed by atoms with Gasteiger partial charge in [0, 0.05) is 25.2 Å². The number of rotatable bonds is 5. The van der Waals surface area contributed by atoms with Crippen molar-refractivity contribution in [3.63, 3.8) is 0 Å². The van der Waals surface area contributed by atoms with Gasteiger partial charge < -0.3 is 14.8 Å². The van der Waals surface area contributed by atoms with Crippen LogP contribution in [0.2, 0.25) is 0 Å². The first-order valence-corrected chi connectivity index (χ1v) is 8.10. The van der Waals surface area contributed by atoms with Gasteiger partial charge in [-0.25, -0.2) is 0 Å². The summed E-state index contributed by atoms with van der Waals surface area (Å²) in [4.78, 5) is 26.3. The van der Waals surface area contributed by atoms with E-state index in [9.17, 15) is 9.59 Å². The second-order valence-electron chi connectivity index (χ2n) is 5.99.